The van der Waals surface area contributed by atoms with E-state index in [9.17, 15) is 4.79 Å². The molecule has 10 nitrogen and oxygen atoms in total. The van der Waals surface area contributed by atoms with Crippen LogP contribution in [0, 0.1) is 5.82 Å². The quantitative estimate of drug-likeness (QED) is 0.139. The summed E-state index contributed by atoms with van der Waals surface area (Å²) < 4.78 is 32.5. The highest BCUT2D eigenvalue weighted by atomic mass is 35.5. The summed E-state index contributed by atoms with van der Waals surface area (Å²) in [5.74, 6) is 0.00149. The SMILES string of the molecule is COC1COCCN(c2nc(SC)nc3c(F)c(-c4c(CCCOC=O)c(Cl)cc5[nH]ncc45)ncc23)C1. The Morgan fingerprint density at radius 1 is 1.34 bits per heavy atom. The van der Waals surface area contributed by atoms with Crippen LogP contribution in [-0.2, 0) is 25.4 Å². The first-order valence-corrected chi connectivity index (χ1v) is 13.6. The molecule has 1 aromatic carbocycles. The Hall–Kier alpha value is -3.06. The van der Waals surface area contributed by atoms with Gasteiger partial charge in [0, 0.05) is 42.4 Å². The molecule has 200 valence electrons. The minimum atomic E-state index is -0.578. The van der Waals surface area contributed by atoms with Crippen molar-refractivity contribution in [2.75, 3.05) is 51.2 Å². The van der Waals surface area contributed by atoms with Gasteiger partial charge in [-0.3, -0.25) is 14.9 Å². The number of rotatable bonds is 9. The van der Waals surface area contributed by atoms with Crippen LogP contribution < -0.4 is 4.90 Å². The Bertz CT molecular complexity index is 1470. The number of ether oxygens (including phenoxy) is 3. The number of H-pyrrole nitrogens is 1. The molecule has 3 aromatic heterocycles. The molecule has 1 aliphatic heterocycles. The van der Waals surface area contributed by atoms with Crippen LogP contribution in [0.1, 0.15) is 12.0 Å². The number of aromatic nitrogens is 5. The van der Waals surface area contributed by atoms with E-state index in [2.05, 4.69) is 20.2 Å². The van der Waals surface area contributed by atoms with Gasteiger partial charge in [-0.25, -0.2) is 14.4 Å². The molecule has 13 heteroatoms. The molecule has 38 heavy (non-hydrogen) atoms. The van der Waals surface area contributed by atoms with Crippen molar-refractivity contribution in [1.82, 2.24) is 25.1 Å². The van der Waals surface area contributed by atoms with Crippen LogP contribution in [0.5, 0.6) is 0 Å². The first-order chi connectivity index (χ1) is 18.5. The van der Waals surface area contributed by atoms with Gasteiger partial charge in [-0.15, -0.1) is 0 Å². The first-order valence-electron chi connectivity index (χ1n) is 12.0. The van der Waals surface area contributed by atoms with Gasteiger partial charge >= 0.3 is 0 Å². The third kappa shape index (κ3) is 5.13. The highest BCUT2D eigenvalue weighted by molar-refractivity contribution is 7.98. The van der Waals surface area contributed by atoms with E-state index in [1.807, 2.05) is 11.2 Å². The first kappa shape index (κ1) is 26.5. The Morgan fingerprint density at radius 2 is 2.21 bits per heavy atom. The summed E-state index contributed by atoms with van der Waals surface area (Å²) in [6.07, 6.45) is 5.87. The minimum absolute atomic E-state index is 0.114. The summed E-state index contributed by atoms with van der Waals surface area (Å²) in [6.45, 7) is 2.69. The monoisotopic (exact) mass is 560 g/mol. The lowest BCUT2D eigenvalue weighted by Gasteiger charge is -2.25. The number of carbonyl (C=O) groups excluding carboxylic acids is 1. The lowest BCUT2D eigenvalue weighted by atomic mass is 9.95. The predicted octanol–water partition coefficient (Wildman–Crippen LogP) is 4.04. The van der Waals surface area contributed by atoms with E-state index in [-0.39, 0.29) is 23.9 Å². The Morgan fingerprint density at radius 3 is 3.00 bits per heavy atom. The topological polar surface area (TPSA) is 115 Å². The standard InChI is InChI=1S/C25H26ClFN6O4S/c1-35-14-11-33(5-7-36-12-14)24-17-9-28-23(21(27)22(17)30-25(31-24)38-2)20-15(4-3-6-37-13-34)18(26)8-19-16(20)10-29-32-19/h8-10,13-14H,3-7,11-12H2,1-2H3,(H,29,32). The molecule has 1 unspecified atom stereocenters. The van der Waals surface area contributed by atoms with E-state index >= 15 is 4.39 Å². The number of carbonyl (C=O) groups is 1. The maximum atomic E-state index is 16.5. The average Bonchev–Trinajstić information content (AvgIpc) is 3.26. The number of hydrogen-bond donors (Lipinski definition) is 1. The van der Waals surface area contributed by atoms with Gasteiger partial charge in [-0.1, -0.05) is 23.4 Å². The maximum Gasteiger partial charge on any atom is 0.293 e. The summed E-state index contributed by atoms with van der Waals surface area (Å²) in [7, 11) is 1.64. The molecule has 4 aromatic rings. The van der Waals surface area contributed by atoms with Gasteiger partial charge in [0.05, 0.1) is 43.0 Å². The second-order valence-corrected chi connectivity index (χ2v) is 9.89. The molecule has 1 N–H and O–H groups in total. The van der Waals surface area contributed by atoms with Crippen LogP contribution in [0.3, 0.4) is 0 Å². The number of thioether (sulfide) groups is 1. The molecular weight excluding hydrogens is 535 g/mol. The van der Waals surface area contributed by atoms with Crippen molar-refractivity contribution in [1.29, 1.82) is 0 Å². The highest BCUT2D eigenvalue weighted by Crippen LogP contribution is 2.39. The molecule has 1 fully saturated rings. The smallest absolute Gasteiger partial charge is 0.293 e. The number of halogens is 2. The zero-order valence-electron chi connectivity index (χ0n) is 20.9. The number of nitrogens with one attached hydrogen (secondary N) is 1. The third-order valence-corrected chi connectivity index (χ3v) is 7.37. The van der Waals surface area contributed by atoms with E-state index in [1.165, 1.54) is 11.8 Å². The summed E-state index contributed by atoms with van der Waals surface area (Å²) in [4.78, 5) is 26.4. The van der Waals surface area contributed by atoms with Crippen LogP contribution in [0.4, 0.5) is 10.2 Å². The van der Waals surface area contributed by atoms with E-state index in [1.54, 1.807) is 25.6 Å². The lowest BCUT2D eigenvalue weighted by Crippen LogP contribution is -2.34. The van der Waals surface area contributed by atoms with Gasteiger partial charge in [-0.2, -0.15) is 5.10 Å². The second-order valence-electron chi connectivity index (χ2n) is 8.71. The number of nitrogens with zero attached hydrogens (tertiary/aromatic N) is 5. The number of fused-ring (bicyclic) bond motifs is 2. The van der Waals surface area contributed by atoms with Crippen molar-refractivity contribution in [3.05, 3.63) is 34.9 Å². The molecule has 1 aliphatic rings. The summed E-state index contributed by atoms with van der Waals surface area (Å²) in [6, 6.07) is 1.75. The zero-order chi connectivity index (χ0) is 26.6. The molecule has 1 saturated heterocycles. The average molecular weight is 561 g/mol. The molecular formula is C25H26ClFN6O4S. The molecule has 0 aliphatic carbocycles. The second kappa shape index (κ2) is 11.8. The summed E-state index contributed by atoms with van der Waals surface area (Å²) in [5.41, 5.74) is 2.15. The van der Waals surface area contributed by atoms with Crippen LogP contribution >= 0.6 is 23.4 Å². The molecule has 0 amide bonds. The van der Waals surface area contributed by atoms with Crippen LogP contribution in [0.25, 0.3) is 33.1 Å². The molecule has 0 radical (unpaired) electrons. The molecule has 1 atom stereocenters. The van der Waals surface area contributed by atoms with Gasteiger partial charge in [0.25, 0.3) is 6.47 Å². The highest BCUT2D eigenvalue weighted by Gasteiger charge is 2.26. The minimum Gasteiger partial charge on any atom is -0.468 e. The van der Waals surface area contributed by atoms with Crippen molar-refractivity contribution in [3.8, 4) is 11.3 Å². The number of pyridine rings is 1. The van der Waals surface area contributed by atoms with Crippen LogP contribution in [0.15, 0.2) is 23.6 Å². The number of methoxy groups -OCH3 is 1. The normalized spacial score (nSPS) is 16.2. The van der Waals surface area contributed by atoms with Gasteiger partial charge < -0.3 is 19.1 Å². The van der Waals surface area contributed by atoms with Gasteiger partial charge in [0.1, 0.15) is 17.0 Å². The van der Waals surface area contributed by atoms with Crippen molar-refractivity contribution in [3.63, 3.8) is 0 Å². The Balaban J connectivity index is 1.68. The lowest BCUT2D eigenvalue weighted by molar-refractivity contribution is -0.128. The Kier molecular flexibility index (Phi) is 8.22. The summed E-state index contributed by atoms with van der Waals surface area (Å²) >= 11 is 7.98. The molecule has 4 heterocycles. The fourth-order valence-electron chi connectivity index (χ4n) is 4.64. The van der Waals surface area contributed by atoms with E-state index in [0.29, 0.717) is 89.0 Å². The van der Waals surface area contributed by atoms with Crippen molar-refractivity contribution in [2.24, 2.45) is 0 Å². The van der Waals surface area contributed by atoms with Crippen molar-refractivity contribution < 1.29 is 23.4 Å². The fraction of sp³-hybridized carbons (Fsp3) is 0.400. The maximum absolute atomic E-state index is 16.5. The number of aromatic amines is 1. The van der Waals surface area contributed by atoms with Gasteiger partial charge in [-0.05, 0) is 30.7 Å². The van der Waals surface area contributed by atoms with E-state index in [4.69, 9.17) is 30.8 Å². The van der Waals surface area contributed by atoms with Crippen LogP contribution in [-0.4, -0.2) is 84.0 Å². The number of hydrogen-bond acceptors (Lipinski definition) is 10. The van der Waals surface area contributed by atoms with Crippen molar-refractivity contribution >= 4 is 57.5 Å². The molecule has 0 spiro atoms. The molecule has 0 bridgehead atoms. The molecule has 5 rings (SSSR count). The van der Waals surface area contributed by atoms with E-state index < -0.39 is 5.82 Å². The number of benzene rings is 1. The third-order valence-electron chi connectivity index (χ3n) is 6.49. The van der Waals surface area contributed by atoms with Gasteiger partial charge in [0.15, 0.2) is 11.0 Å². The van der Waals surface area contributed by atoms with E-state index in [0.717, 1.165) is 0 Å². The molecule has 0 saturated carbocycles. The van der Waals surface area contributed by atoms with Gasteiger partial charge in [0.2, 0.25) is 0 Å². The fourth-order valence-corrected chi connectivity index (χ4v) is 5.30. The number of anilines is 1. The Labute approximate surface area is 227 Å². The summed E-state index contributed by atoms with van der Waals surface area (Å²) in [5, 5.41) is 9.08. The largest absolute Gasteiger partial charge is 0.468 e. The van der Waals surface area contributed by atoms with Crippen LogP contribution in [0.2, 0.25) is 5.02 Å². The van der Waals surface area contributed by atoms with Crippen molar-refractivity contribution in [2.45, 2.75) is 24.1 Å². The zero-order valence-corrected chi connectivity index (χ0v) is 22.4. The predicted molar refractivity (Wildman–Crippen MR) is 143 cm³/mol.